The van der Waals surface area contributed by atoms with Crippen LogP contribution in [-0.2, 0) is 9.53 Å². The van der Waals surface area contributed by atoms with Crippen LogP contribution in [0.5, 0.6) is 0 Å². The number of hydrogen-bond acceptors (Lipinski definition) is 6. The first-order valence-corrected chi connectivity index (χ1v) is 6.18. The second-order valence-electron chi connectivity index (χ2n) is 4.50. The molecule has 0 aliphatic rings. The highest BCUT2D eigenvalue weighted by Crippen LogP contribution is 2.21. The molecule has 7 heteroatoms. The predicted molar refractivity (Wildman–Crippen MR) is 76.5 cm³/mol. The molecule has 0 fully saturated rings. The molecule has 1 aromatic rings. The van der Waals surface area contributed by atoms with E-state index in [1.165, 1.54) is 13.2 Å². The normalized spacial score (nSPS) is 11.6. The lowest BCUT2D eigenvalue weighted by molar-refractivity contribution is -0.123. The first kappa shape index (κ1) is 15.7. The molecule has 0 saturated heterocycles. The average Bonchev–Trinajstić information content (AvgIpc) is 2.45. The Morgan fingerprint density at radius 1 is 1.50 bits per heavy atom. The van der Waals surface area contributed by atoms with Gasteiger partial charge >= 0.3 is 5.97 Å². The van der Waals surface area contributed by atoms with Crippen molar-refractivity contribution in [1.82, 2.24) is 10.3 Å². The number of rotatable bonds is 5. The van der Waals surface area contributed by atoms with Crippen molar-refractivity contribution in [1.29, 1.82) is 0 Å². The maximum absolute atomic E-state index is 11.5. The Kier molecular flexibility index (Phi) is 5.31. The van der Waals surface area contributed by atoms with Crippen LogP contribution in [0.4, 0.5) is 11.5 Å². The van der Waals surface area contributed by atoms with Crippen LogP contribution >= 0.6 is 0 Å². The third-order valence-corrected chi connectivity index (χ3v) is 2.90. The largest absolute Gasteiger partial charge is 0.464 e. The van der Waals surface area contributed by atoms with Crippen LogP contribution in [0.1, 0.15) is 17.4 Å². The number of pyridine rings is 1. The smallest absolute Gasteiger partial charge is 0.356 e. The number of methoxy groups -OCH3 is 1. The lowest BCUT2D eigenvalue weighted by Crippen LogP contribution is -2.35. The molecular weight excluding hydrogens is 260 g/mol. The summed E-state index contributed by atoms with van der Waals surface area (Å²) >= 11 is 0. The minimum atomic E-state index is -0.529. The number of nitrogens with two attached hydrogens (primary N) is 1. The van der Waals surface area contributed by atoms with Gasteiger partial charge in [0.1, 0.15) is 0 Å². The van der Waals surface area contributed by atoms with Crippen LogP contribution in [0, 0.1) is 5.92 Å². The van der Waals surface area contributed by atoms with E-state index >= 15 is 0 Å². The van der Waals surface area contributed by atoms with E-state index in [0.717, 1.165) is 0 Å². The zero-order valence-electron chi connectivity index (χ0n) is 12.1. The monoisotopic (exact) mass is 280 g/mol. The fourth-order valence-electron chi connectivity index (χ4n) is 1.81. The van der Waals surface area contributed by atoms with E-state index in [9.17, 15) is 9.59 Å². The zero-order chi connectivity index (χ0) is 15.3. The maximum atomic E-state index is 11.5. The lowest BCUT2D eigenvalue weighted by atomic mass is 10.1. The molecule has 1 atom stereocenters. The maximum Gasteiger partial charge on any atom is 0.356 e. The van der Waals surface area contributed by atoms with Crippen molar-refractivity contribution in [2.24, 2.45) is 5.92 Å². The van der Waals surface area contributed by atoms with Crippen molar-refractivity contribution in [2.75, 3.05) is 38.4 Å². The van der Waals surface area contributed by atoms with Gasteiger partial charge in [0, 0.05) is 20.6 Å². The highest BCUT2D eigenvalue weighted by atomic mass is 16.5. The number of nitrogens with zero attached hydrogens (tertiary/aromatic N) is 2. The third-order valence-electron chi connectivity index (χ3n) is 2.90. The molecule has 7 nitrogen and oxygen atoms in total. The number of aromatic nitrogens is 1. The number of carbonyl (C=O) groups is 2. The Morgan fingerprint density at radius 2 is 2.15 bits per heavy atom. The molecule has 1 rings (SSSR count). The average molecular weight is 280 g/mol. The standard InChI is InChI=1S/C13H20N4O3/c1-8(12(18)15-2)7-17(3)11-9(14)5-6-10(16-11)13(19)20-4/h5-6,8H,7,14H2,1-4H3,(H,15,18). The first-order valence-electron chi connectivity index (χ1n) is 6.18. The van der Waals surface area contributed by atoms with Crippen LogP contribution in [-0.4, -0.2) is 44.6 Å². The third kappa shape index (κ3) is 3.59. The number of nitrogen functional groups attached to an aromatic ring is 1. The topological polar surface area (TPSA) is 97.5 Å². The Morgan fingerprint density at radius 3 is 2.70 bits per heavy atom. The molecule has 1 unspecified atom stereocenters. The summed E-state index contributed by atoms with van der Waals surface area (Å²) in [5.74, 6) is -0.379. The van der Waals surface area contributed by atoms with E-state index in [4.69, 9.17) is 5.73 Å². The lowest BCUT2D eigenvalue weighted by Gasteiger charge is -2.23. The SMILES string of the molecule is CNC(=O)C(C)CN(C)c1nc(C(=O)OC)ccc1N. The highest BCUT2D eigenvalue weighted by molar-refractivity contribution is 5.88. The van der Waals surface area contributed by atoms with Crippen LogP contribution < -0.4 is 16.0 Å². The van der Waals surface area contributed by atoms with E-state index in [-0.39, 0.29) is 17.5 Å². The summed E-state index contributed by atoms with van der Waals surface area (Å²) in [4.78, 5) is 28.9. The number of anilines is 2. The predicted octanol–water partition coefficient (Wildman–Crippen LogP) is 0.269. The van der Waals surface area contributed by atoms with E-state index in [1.807, 2.05) is 0 Å². The van der Waals surface area contributed by atoms with Gasteiger partial charge in [-0.3, -0.25) is 4.79 Å². The van der Waals surface area contributed by atoms with Crippen molar-refractivity contribution < 1.29 is 14.3 Å². The number of nitrogens with one attached hydrogen (secondary N) is 1. The summed E-state index contributed by atoms with van der Waals surface area (Å²) in [6.45, 7) is 2.23. The highest BCUT2D eigenvalue weighted by Gasteiger charge is 2.18. The molecular formula is C13H20N4O3. The molecule has 1 aromatic heterocycles. The van der Waals surface area contributed by atoms with Gasteiger partial charge in [-0.2, -0.15) is 0 Å². The molecule has 0 aliphatic heterocycles. The van der Waals surface area contributed by atoms with Crippen LogP contribution in [0.2, 0.25) is 0 Å². The Hall–Kier alpha value is -2.31. The Labute approximate surface area is 118 Å². The summed E-state index contributed by atoms with van der Waals surface area (Å²) in [5, 5.41) is 2.58. The summed E-state index contributed by atoms with van der Waals surface area (Å²) in [6, 6.07) is 3.09. The fraction of sp³-hybridized carbons (Fsp3) is 0.462. The Balaban J connectivity index is 2.94. The number of amides is 1. The van der Waals surface area contributed by atoms with Crippen molar-refractivity contribution in [3.05, 3.63) is 17.8 Å². The second-order valence-corrected chi connectivity index (χ2v) is 4.50. The van der Waals surface area contributed by atoms with Gasteiger partial charge in [0.05, 0.1) is 18.7 Å². The minimum absolute atomic E-state index is 0.0699. The van der Waals surface area contributed by atoms with Gasteiger partial charge in [-0.25, -0.2) is 9.78 Å². The molecule has 0 saturated carbocycles. The molecule has 3 N–H and O–H groups in total. The Bertz CT molecular complexity index is 504. The van der Waals surface area contributed by atoms with Gasteiger partial charge < -0.3 is 20.7 Å². The molecule has 20 heavy (non-hydrogen) atoms. The van der Waals surface area contributed by atoms with E-state index < -0.39 is 5.97 Å². The molecule has 1 amide bonds. The van der Waals surface area contributed by atoms with Gasteiger partial charge in [-0.15, -0.1) is 0 Å². The molecule has 0 aromatic carbocycles. The number of esters is 1. The fourth-order valence-corrected chi connectivity index (χ4v) is 1.81. The van der Waals surface area contributed by atoms with Gasteiger partial charge in [0.25, 0.3) is 0 Å². The molecule has 110 valence electrons. The number of hydrogen-bond donors (Lipinski definition) is 2. The summed E-state index contributed by atoms with van der Waals surface area (Å²) in [6.07, 6.45) is 0. The van der Waals surface area contributed by atoms with E-state index in [1.54, 1.807) is 32.0 Å². The van der Waals surface area contributed by atoms with E-state index in [2.05, 4.69) is 15.0 Å². The van der Waals surface area contributed by atoms with Gasteiger partial charge in [-0.1, -0.05) is 6.92 Å². The van der Waals surface area contributed by atoms with Crippen molar-refractivity contribution >= 4 is 23.4 Å². The van der Waals surface area contributed by atoms with Crippen LogP contribution in [0.3, 0.4) is 0 Å². The number of ether oxygens (including phenoxy) is 1. The molecule has 0 radical (unpaired) electrons. The summed E-state index contributed by atoms with van der Waals surface area (Å²) in [5.41, 5.74) is 6.47. The zero-order valence-corrected chi connectivity index (χ0v) is 12.1. The van der Waals surface area contributed by atoms with E-state index in [0.29, 0.717) is 18.1 Å². The van der Waals surface area contributed by atoms with Crippen molar-refractivity contribution in [2.45, 2.75) is 6.92 Å². The molecule has 0 spiro atoms. The van der Waals surface area contributed by atoms with Crippen LogP contribution in [0.15, 0.2) is 12.1 Å². The summed E-state index contributed by atoms with van der Waals surface area (Å²) < 4.78 is 4.62. The van der Waals surface area contributed by atoms with Gasteiger partial charge in [0.2, 0.25) is 5.91 Å². The summed E-state index contributed by atoms with van der Waals surface area (Å²) in [7, 11) is 4.64. The van der Waals surface area contributed by atoms with Gasteiger partial charge in [-0.05, 0) is 12.1 Å². The first-order chi connectivity index (χ1) is 9.40. The van der Waals surface area contributed by atoms with Crippen molar-refractivity contribution in [3.8, 4) is 0 Å². The van der Waals surface area contributed by atoms with Crippen LogP contribution in [0.25, 0.3) is 0 Å². The second kappa shape index (κ2) is 6.74. The molecule has 1 heterocycles. The number of carbonyl (C=O) groups excluding carboxylic acids is 2. The molecule has 0 aliphatic carbocycles. The van der Waals surface area contributed by atoms with Crippen molar-refractivity contribution in [3.63, 3.8) is 0 Å². The van der Waals surface area contributed by atoms with Gasteiger partial charge in [0.15, 0.2) is 11.5 Å². The molecule has 0 bridgehead atoms. The quantitative estimate of drug-likeness (QED) is 0.751. The minimum Gasteiger partial charge on any atom is -0.464 e.